The van der Waals surface area contributed by atoms with Gasteiger partial charge in [-0.3, -0.25) is 9.98 Å². The Morgan fingerprint density at radius 1 is 1.30 bits per heavy atom. The number of aliphatic imine (C=N–C) groups is 1. The molecule has 7 heteroatoms. The van der Waals surface area contributed by atoms with Crippen LogP contribution in [-0.2, 0) is 9.47 Å². The van der Waals surface area contributed by atoms with Crippen molar-refractivity contribution in [2.24, 2.45) is 10.9 Å². The number of pyridine rings is 1. The maximum absolute atomic E-state index is 6.15. The SMILES string of the molecule is CN=C(NCC(c1cccnc1)C(C)C)N1CCC(OCC2CCCCO2)CC1.I. The maximum Gasteiger partial charge on any atom is 0.193 e. The third-order valence-corrected chi connectivity index (χ3v) is 6.14. The van der Waals surface area contributed by atoms with E-state index in [1.54, 1.807) is 0 Å². The van der Waals surface area contributed by atoms with Gasteiger partial charge in [0.1, 0.15) is 0 Å². The number of rotatable bonds is 7. The molecule has 0 spiro atoms. The monoisotopic (exact) mass is 530 g/mol. The van der Waals surface area contributed by atoms with Gasteiger partial charge in [-0.25, -0.2) is 0 Å². The topological polar surface area (TPSA) is 59.0 Å². The highest BCUT2D eigenvalue weighted by Gasteiger charge is 2.24. The van der Waals surface area contributed by atoms with Gasteiger partial charge in [0.25, 0.3) is 0 Å². The number of likely N-dealkylation sites (tertiary alicyclic amines) is 1. The van der Waals surface area contributed by atoms with E-state index in [1.165, 1.54) is 18.4 Å². The molecular weight excluding hydrogens is 491 g/mol. The molecule has 2 atom stereocenters. The van der Waals surface area contributed by atoms with Gasteiger partial charge in [-0.2, -0.15) is 0 Å². The zero-order valence-corrected chi connectivity index (χ0v) is 21.1. The molecule has 30 heavy (non-hydrogen) atoms. The lowest BCUT2D eigenvalue weighted by Crippen LogP contribution is -2.48. The first-order chi connectivity index (χ1) is 14.2. The van der Waals surface area contributed by atoms with E-state index in [9.17, 15) is 0 Å². The third kappa shape index (κ3) is 7.64. The van der Waals surface area contributed by atoms with E-state index in [0.717, 1.165) is 58.1 Å². The van der Waals surface area contributed by atoms with E-state index in [-0.39, 0.29) is 24.0 Å². The fourth-order valence-electron chi connectivity index (χ4n) is 4.28. The Morgan fingerprint density at radius 3 is 2.70 bits per heavy atom. The van der Waals surface area contributed by atoms with Gasteiger partial charge in [0, 0.05) is 51.6 Å². The summed E-state index contributed by atoms with van der Waals surface area (Å²) in [4.78, 5) is 11.2. The molecule has 0 radical (unpaired) electrons. The number of guanidine groups is 1. The minimum atomic E-state index is 0. The quantitative estimate of drug-likeness (QED) is 0.328. The van der Waals surface area contributed by atoms with Gasteiger partial charge in [0.05, 0.1) is 18.8 Å². The normalized spacial score (nSPS) is 21.9. The van der Waals surface area contributed by atoms with Crippen molar-refractivity contribution in [3.63, 3.8) is 0 Å². The average Bonchev–Trinajstić information content (AvgIpc) is 2.77. The van der Waals surface area contributed by atoms with Crippen LogP contribution >= 0.6 is 24.0 Å². The Morgan fingerprint density at radius 2 is 2.10 bits per heavy atom. The van der Waals surface area contributed by atoms with Gasteiger partial charge in [0.15, 0.2) is 5.96 Å². The zero-order valence-electron chi connectivity index (χ0n) is 18.8. The molecular formula is C23H39IN4O2. The molecule has 2 unspecified atom stereocenters. The second-order valence-corrected chi connectivity index (χ2v) is 8.57. The Kier molecular flexibility index (Phi) is 11.4. The predicted octanol–water partition coefficient (Wildman–Crippen LogP) is 4.06. The fourth-order valence-corrected chi connectivity index (χ4v) is 4.28. The minimum Gasteiger partial charge on any atom is -0.376 e. The molecule has 1 aromatic rings. The molecule has 3 heterocycles. The summed E-state index contributed by atoms with van der Waals surface area (Å²) >= 11 is 0. The van der Waals surface area contributed by atoms with Crippen LogP contribution in [0.3, 0.4) is 0 Å². The number of nitrogens with zero attached hydrogens (tertiary/aromatic N) is 3. The van der Waals surface area contributed by atoms with Crippen LogP contribution in [0, 0.1) is 5.92 Å². The first-order valence-corrected chi connectivity index (χ1v) is 11.3. The van der Waals surface area contributed by atoms with E-state index < -0.39 is 0 Å². The molecule has 0 amide bonds. The van der Waals surface area contributed by atoms with Crippen LogP contribution in [0.15, 0.2) is 29.5 Å². The summed E-state index contributed by atoms with van der Waals surface area (Å²) in [6, 6.07) is 4.18. The van der Waals surface area contributed by atoms with Crippen molar-refractivity contribution in [2.75, 3.05) is 39.9 Å². The summed E-state index contributed by atoms with van der Waals surface area (Å²) in [6.07, 6.45) is 10.2. The molecule has 0 saturated carbocycles. The summed E-state index contributed by atoms with van der Waals surface area (Å²) in [7, 11) is 1.87. The molecule has 0 bridgehead atoms. The molecule has 3 rings (SSSR count). The number of aromatic nitrogens is 1. The molecule has 0 aliphatic carbocycles. The summed E-state index contributed by atoms with van der Waals surface area (Å²) in [5, 5.41) is 3.60. The van der Waals surface area contributed by atoms with Gasteiger partial charge in [0.2, 0.25) is 0 Å². The lowest BCUT2D eigenvalue weighted by atomic mass is 9.89. The van der Waals surface area contributed by atoms with E-state index >= 15 is 0 Å². The van der Waals surface area contributed by atoms with E-state index in [4.69, 9.17) is 9.47 Å². The number of piperidine rings is 1. The number of halogens is 1. The maximum atomic E-state index is 6.15. The largest absolute Gasteiger partial charge is 0.376 e. The van der Waals surface area contributed by atoms with Gasteiger partial charge in [-0.1, -0.05) is 19.9 Å². The molecule has 1 N–H and O–H groups in total. The number of hydrogen-bond donors (Lipinski definition) is 1. The summed E-state index contributed by atoms with van der Waals surface area (Å²) in [6.45, 7) is 9.00. The summed E-state index contributed by atoms with van der Waals surface area (Å²) in [5.41, 5.74) is 1.28. The molecule has 2 fully saturated rings. The van der Waals surface area contributed by atoms with Crippen LogP contribution in [-0.4, -0.2) is 67.9 Å². The van der Waals surface area contributed by atoms with Crippen molar-refractivity contribution >= 4 is 29.9 Å². The van der Waals surface area contributed by atoms with Crippen molar-refractivity contribution in [2.45, 2.75) is 64.1 Å². The van der Waals surface area contributed by atoms with Crippen molar-refractivity contribution in [1.29, 1.82) is 0 Å². The number of hydrogen-bond acceptors (Lipinski definition) is 4. The first kappa shape index (κ1) is 25.3. The second-order valence-electron chi connectivity index (χ2n) is 8.57. The minimum absolute atomic E-state index is 0. The standard InChI is InChI=1S/C23H38N4O2.HI/c1-18(2)22(19-7-6-11-25-15-19)16-26-23(24-3)27-12-9-20(10-13-27)29-17-21-8-4-5-14-28-21;/h6-7,11,15,18,20-22H,4-5,8-10,12-14,16-17H2,1-3H3,(H,24,26);1H. The Hall–Kier alpha value is -0.930. The molecule has 170 valence electrons. The molecule has 1 aromatic heterocycles. The molecule has 2 saturated heterocycles. The van der Waals surface area contributed by atoms with E-state index in [1.807, 2.05) is 25.5 Å². The number of ether oxygens (including phenoxy) is 2. The lowest BCUT2D eigenvalue weighted by molar-refractivity contribution is -0.0721. The smallest absolute Gasteiger partial charge is 0.193 e. The Balaban J connectivity index is 0.00000320. The molecule has 0 aromatic carbocycles. The van der Waals surface area contributed by atoms with Crippen LogP contribution in [0.4, 0.5) is 0 Å². The van der Waals surface area contributed by atoms with Gasteiger partial charge in [-0.15, -0.1) is 24.0 Å². The average molecular weight is 530 g/mol. The fraction of sp³-hybridized carbons (Fsp3) is 0.739. The van der Waals surface area contributed by atoms with Crippen molar-refractivity contribution in [3.05, 3.63) is 30.1 Å². The van der Waals surface area contributed by atoms with Crippen LogP contribution in [0.2, 0.25) is 0 Å². The van der Waals surface area contributed by atoms with Gasteiger partial charge >= 0.3 is 0 Å². The third-order valence-electron chi connectivity index (χ3n) is 6.14. The predicted molar refractivity (Wildman–Crippen MR) is 133 cm³/mol. The van der Waals surface area contributed by atoms with Crippen molar-refractivity contribution in [3.8, 4) is 0 Å². The van der Waals surface area contributed by atoms with Crippen LogP contribution < -0.4 is 5.32 Å². The Bertz CT molecular complexity index is 615. The molecule has 2 aliphatic heterocycles. The van der Waals surface area contributed by atoms with Gasteiger partial charge < -0.3 is 19.7 Å². The highest BCUT2D eigenvalue weighted by atomic mass is 127. The van der Waals surface area contributed by atoms with Crippen molar-refractivity contribution < 1.29 is 9.47 Å². The Labute approximate surface area is 199 Å². The summed E-state index contributed by atoms with van der Waals surface area (Å²) < 4.78 is 11.9. The highest BCUT2D eigenvalue weighted by Crippen LogP contribution is 2.23. The zero-order chi connectivity index (χ0) is 20.5. The van der Waals surface area contributed by atoms with Crippen LogP contribution in [0.25, 0.3) is 0 Å². The van der Waals surface area contributed by atoms with Crippen molar-refractivity contribution in [1.82, 2.24) is 15.2 Å². The number of nitrogens with one attached hydrogen (secondary N) is 1. The molecule has 6 nitrogen and oxygen atoms in total. The van der Waals surface area contributed by atoms with E-state index in [0.29, 0.717) is 24.0 Å². The highest BCUT2D eigenvalue weighted by molar-refractivity contribution is 14.0. The summed E-state index contributed by atoms with van der Waals surface area (Å²) in [5.74, 6) is 1.94. The second kappa shape index (κ2) is 13.5. The lowest BCUT2D eigenvalue weighted by Gasteiger charge is -2.35. The molecule has 2 aliphatic rings. The van der Waals surface area contributed by atoms with Gasteiger partial charge in [-0.05, 0) is 49.7 Å². The van der Waals surface area contributed by atoms with Crippen LogP contribution in [0.5, 0.6) is 0 Å². The first-order valence-electron chi connectivity index (χ1n) is 11.3. The van der Waals surface area contributed by atoms with Crippen LogP contribution in [0.1, 0.15) is 57.4 Å². The van der Waals surface area contributed by atoms with E-state index in [2.05, 4.69) is 40.1 Å².